The number of phosphoric ester groups is 2. The van der Waals surface area contributed by atoms with Crippen LogP contribution in [0.1, 0.15) is 388 Å². The van der Waals surface area contributed by atoms with Gasteiger partial charge in [0.1, 0.15) is 19.3 Å². The third-order valence-corrected chi connectivity index (χ3v) is 20.1. The van der Waals surface area contributed by atoms with Crippen LogP contribution < -0.4 is 0 Å². The SMILES string of the molecule is CCCCCCCCCCCC(=O)OC[C@H](COP(=O)(O)OC[C@H](O)COP(=O)(O)OC[C@@H](COC(=O)CCCCCCCCCCCCC(C)CC)OC(=O)CCCCCCCCCCCCCCCCCCCCC(C)CC)OC(=O)CCCCCCCCCCC. The molecule has 0 aromatic heterocycles. The van der Waals surface area contributed by atoms with Crippen LogP contribution in [0.5, 0.6) is 0 Å². The van der Waals surface area contributed by atoms with Gasteiger partial charge in [-0.25, -0.2) is 9.13 Å². The van der Waals surface area contributed by atoms with E-state index in [0.717, 1.165) is 102 Å². The van der Waals surface area contributed by atoms with E-state index in [1.54, 1.807) is 0 Å². The van der Waals surface area contributed by atoms with Crippen molar-refractivity contribution in [1.29, 1.82) is 0 Å². The second kappa shape index (κ2) is 66.9. The lowest BCUT2D eigenvalue weighted by molar-refractivity contribution is -0.161. The van der Waals surface area contributed by atoms with Gasteiger partial charge < -0.3 is 33.8 Å². The Labute approximate surface area is 575 Å². The molecule has 17 nitrogen and oxygen atoms in total. The molecule has 7 atom stereocenters. The van der Waals surface area contributed by atoms with Gasteiger partial charge in [-0.1, -0.05) is 337 Å². The van der Waals surface area contributed by atoms with E-state index in [0.29, 0.717) is 25.7 Å². The van der Waals surface area contributed by atoms with Crippen molar-refractivity contribution in [2.24, 2.45) is 11.8 Å². The quantitative estimate of drug-likeness (QED) is 0.0222. The number of esters is 4. The van der Waals surface area contributed by atoms with E-state index < -0.39 is 97.5 Å². The summed E-state index contributed by atoms with van der Waals surface area (Å²) in [5.74, 6) is -0.440. The minimum absolute atomic E-state index is 0.106. The standard InChI is InChI=1S/C75H146O17P2/c1-7-11-13-15-17-31-39-45-51-57-72(77)85-63-70(91-74(79)59-53-47-41-32-18-16-14-12-8-2)65-89-93(81,82)87-61-69(76)62-88-94(83,84)90-66-71(64-86-73(78)58-52-46-40-35-30-29-34-38-44-50-56-68(6)10-4)92-75(80)60-54-48-42-36-28-26-24-22-20-19-21-23-25-27-33-37-43-49-55-67(5)9-3/h67-71,76H,7-66H2,1-6H3,(H,81,82)(H,83,84)/t67?,68?,69-,70+,71+/m0/s1. The minimum Gasteiger partial charge on any atom is -0.462 e. The molecule has 3 N–H and O–H groups in total. The van der Waals surface area contributed by atoms with E-state index in [2.05, 4.69) is 41.5 Å². The number of hydrogen-bond acceptors (Lipinski definition) is 15. The van der Waals surface area contributed by atoms with E-state index in [-0.39, 0.29) is 25.7 Å². The Morgan fingerprint density at radius 2 is 0.511 bits per heavy atom. The number of rotatable bonds is 74. The smallest absolute Gasteiger partial charge is 0.462 e. The highest BCUT2D eigenvalue weighted by Gasteiger charge is 2.30. The molecule has 558 valence electrons. The third kappa shape index (κ3) is 66.0. The van der Waals surface area contributed by atoms with Crippen LogP contribution in [0, 0.1) is 11.8 Å². The van der Waals surface area contributed by atoms with Gasteiger partial charge in [-0.3, -0.25) is 37.3 Å². The first-order chi connectivity index (χ1) is 45.4. The summed E-state index contributed by atoms with van der Waals surface area (Å²) in [6.45, 7) is 9.65. The summed E-state index contributed by atoms with van der Waals surface area (Å²) >= 11 is 0. The molecule has 0 aromatic carbocycles. The molecular weight excluding hydrogens is 1230 g/mol. The van der Waals surface area contributed by atoms with Crippen molar-refractivity contribution in [2.75, 3.05) is 39.6 Å². The second-order valence-electron chi connectivity index (χ2n) is 27.5. The molecule has 0 aromatic rings. The van der Waals surface area contributed by atoms with Crippen molar-refractivity contribution >= 4 is 39.5 Å². The van der Waals surface area contributed by atoms with Gasteiger partial charge in [0.2, 0.25) is 0 Å². The molecule has 0 fully saturated rings. The first-order valence-corrected chi connectivity index (χ1v) is 42.1. The number of aliphatic hydroxyl groups is 1. The average molecular weight is 1380 g/mol. The van der Waals surface area contributed by atoms with Crippen LogP contribution in [0.2, 0.25) is 0 Å². The normalized spacial score (nSPS) is 14.6. The fourth-order valence-corrected chi connectivity index (χ4v) is 13.0. The Hall–Kier alpha value is -1.94. The summed E-state index contributed by atoms with van der Waals surface area (Å²) in [6, 6.07) is 0. The van der Waals surface area contributed by atoms with E-state index >= 15 is 0 Å². The molecule has 0 rings (SSSR count). The lowest BCUT2D eigenvalue weighted by Gasteiger charge is -2.21. The van der Waals surface area contributed by atoms with Gasteiger partial charge in [-0.15, -0.1) is 0 Å². The highest BCUT2D eigenvalue weighted by atomic mass is 31.2. The van der Waals surface area contributed by atoms with Gasteiger partial charge in [0.15, 0.2) is 12.2 Å². The van der Waals surface area contributed by atoms with Gasteiger partial charge in [0.05, 0.1) is 26.4 Å². The Morgan fingerprint density at radius 1 is 0.298 bits per heavy atom. The van der Waals surface area contributed by atoms with Crippen molar-refractivity contribution in [2.45, 2.75) is 407 Å². The molecule has 0 bridgehead atoms. The van der Waals surface area contributed by atoms with Gasteiger partial charge in [0, 0.05) is 25.7 Å². The first-order valence-electron chi connectivity index (χ1n) is 39.1. The average Bonchev–Trinajstić information content (AvgIpc) is 1.74. The summed E-state index contributed by atoms with van der Waals surface area (Å²) < 4.78 is 68.3. The molecule has 94 heavy (non-hydrogen) atoms. The van der Waals surface area contributed by atoms with Crippen molar-refractivity contribution in [3.8, 4) is 0 Å². The molecule has 0 saturated carbocycles. The second-order valence-corrected chi connectivity index (χ2v) is 30.4. The van der Waals surface area contributed by atoms with Crippen LogP contribution in [0.25, 0.3) is 0 Å². The van der Waals surface area contributed by atoms with E-state index in [9.17, 15) is 43.2 Å². The summed E-state index contributed by atoms with van der Waals surface area (Å²) in [6.07, 6.45) is 54.1. The summed E-state index contributed by atoms with van der Waals surface area (Å²) in [5.41, 5.74) is 0. The minimum atomic E-state index is -4.96. The maximum absolute atomic E-state index is 13.1. The van der Waals surface area contributed by atoms with Gasteiger partial charge in [-0.05, 0) is 37.5 Å². The van der Waals surface area contributed by atoms with Crippen molar-refractivity contribution in [3.63, 3.8) is 0 Å². The number of carbonyl (C=O) groups is 4. The number of aliphatic hydroxyl groups excluding tert-OH is 1. The summed E-state index contributed by atoms with van der Waals surface area (Å²) in [4.78, 5) is 72.6. The van der Waals surface area contributed by atoms with Crippen molar-refractivity contribution < 1.29 is 80.2 Å². The molecule has 0 aliphatic carbocycles. The van der Waals surface area contributed by atoms with Gasteiger partial charge in [-0.2, -0.15) is 0 Å². The third-order valence-electron chi connectivity index (χ3n) is 18.2. The van der Waals surface area contributed by atoms with Gasteiger partial charge >= 0.3 is 39.5 Å². The maximum atomic E-state index is 13.1. The predicted molar refractivity (Wildman–Crippen MR) is 381 cm³/mol. The van der Waals surface area contributed by atoms with E-state index in [1.807, 2.05) is 0 Å². The summed E-state index contributed by atoms with van der Waals surface area (Å²) in [5, 5.41) is 10.6. The molecule has 0 saturated heterocycles. The lowest BCUT2D eigenvalue weighted by atomic mass is 9.99. The molecule has 0 amide bonds. The van der Waals surface area contributed by atoms with E-state index in [1.165, 1.54) is 205 Å². The molecular formula is C75H146O17P2. The fraction of sp³-hybridized carbons (Fsp3) is 0.947. The zero-order valence-corrected chi connectivity index (χ0v) is 63.1. The molecule has 0 aliphatic heterocycles. The van der Waals surface area contributed by atoms with Crippen LogP contribution in [0.3, 0.4) is 0 Å². The van der Waals surface area contributed by atoms with Crippen LogP contribution in [-0.2, 0) is 65.4 Å². The summed E-state index contributed by atoms with van der Waals surface area (Å²) in [7, 11) is -9.90. The number of carbonyl (C=O) groups excluding carboxylic acids is 4. The highest BCUT2D eigenvalue weighted by Crippen LogP contribution is 2.45. The molecule has 0 radical (unpaired) electrons. The number of hydrogen-bond donors (Lipinski definition) is 3. The topological polar surface area (TPSA) is 237 Å². The Kier molecular flexibility index (Phi) is 65.5. The zero-order valence-electron chi connectivity index (χ0n) is 61.3. The molecule has 0 aliphatic rings. The lowest BCUT2D eigenvalue weighted by Crippen LogP contribution is -2.30. The number of phosphoric acid groups is 2. The monoisotopic (exact) mass is 1380 g/mol. The Balaban J connectivity index is 5.16. The number of ether oxygens (including phenoxy) is 4. The number of unbranched alkanes of at least 4 members (excludes halogenated alkanes) is 42. The molecule has 4 unspecified atom stereocenters. The van der Waals surface area contributed by atoms with E-state index in [4.69, 9.17) is 37.0 Å². The van der Waals surface area contributed by atoms with Crippen LogP contribution in [0.15, 0.2) is 0 Å². The fourth-order valence-electron chi connectivity index (χ4n) is 11.4. The van der Waals surface area contributed by atoms with Crippen LogP contribution in [0.4, 0.5) is 0 Å². The first kappa shape index (κ1) is 92.1. The largest absolute Gasteiger partial charge is 0.472 e. The zero-order chi connectivity index (χ0) is 69.3. The van der Waals surface area contributed by atoms with Crippen LogP contribution >= 0.6 is 15.6 Å². The maximum Gasteiger partial charge on any atom is 0.472 e. The molecule has 0 heterocycles. The van der Waals surface area contributed by atoms with Crippen LogP contribution in [-0.4, -0.2) is 96.7 Å². The van der Waals surface area contributed by atoms with Crippen molar-refractivity contribution in [3.05, 3.63) is 0 Å². The predicted octanol–water partition coefficient (Wildman–Crippen LogP) is 21.9. The molecule has 0 spiro atoms. The highest BCUT2D eigenvalue weighted by molar-refractivity contribution is 7.47. The Morgan fingerprint density at radius 3 is 0.755 bits per heavy atom. The Bertz CT molecular complexity index is 1820. The molecule has 19 heteroatoms. The van der Waals surface area contributed by atoms with Crippen molar-refractivity contribution in [1.82, 2.24) is 0 Å². The van der Waals surface area contributed by atoms with Gasteiger partial charge in [0.25, 0.3) is 0 Å².